The van der Waals surface area contributed by atoms with Crippen LogP contribution in [0, 0.1) is 0 Å². The monoisotopic (exact) mass is 433 g/mol. The largest absolute Gasteiger partial charge is 0.494 e. The van der Waals surface area contributed by atoms with E-state index in [0.717, 1.165) is 41.1 Å². The number of unbranched alkanes of at least 4 members (excludes halogenated alkanes) is 2. The number of thioether (sulfide) groups is 1. The number of ether oxygens (including phenoxy) is 1. The Kier molecular flexibility index (Phi) is 7.03. The number of hydrogen-bond donors (Lipinski definition) is 0. The van der Waals surface area contributed by atoms with E-state index in [4.69, 9.17) is 4.74 Å². The number of nitrogens with zero attached hydrogens (tertiary/aromatic N) is 1. The summed E-state index contributed by atoms with van der Waals surface area (Å²) < 4.78 is 6.79. The Morgan fingerprint density at radius 2 is 1.88 bits per heavy atom. The normalized spacial score (nSPS) is 16.7. The standard InChI is InChI=1S/C21H24BrNO2S/c1-2-3-4-14-25-19-11-7-16(8-12-19)20(24)23-13-15-26-21(23)17-5-9-18(22)10-6-17/h5-12,21H,2-4,13-15H2,1H3. The molecule has 0 N–H and O–H groups in total. The van der Waals surface area contributed by atoms with Gasteiger partial charge in [-0.3, -0.25) is 4.79 Å². The van der Waals surface area contributed by atoms with Gasteiger partial charge in [0.15, 0.2) is 0 Å². The maximum Gasteiger partial charge on any atom is 0.255 e. The molecule has 3 rings (SSSR count). The average Bonchev–Trinajstić information content (AvgIpc) is 3.15. The van der Waals surface area contributed by atoms with Gasteiger partial charge >= 0.3 is 0 Å². The molecule has 26 heavy (non-hydrogen) atoms. The van der Waals surface area contributed by atoms with Crippen LogP contribution in [0.15, 0.2) is 53.0 Å². The van der Waals surface area contributed by atoms with Crippen LogP contribution in [-0.4, -0.2) is 29.7 Å². The van der Waals surface area contributed by atoms with Crippen molar-refractivity contribution in [2.45, 2.75) is 31.6 Å². The summed E-state index contributed by atoms with van der Waals surface area (Å²) >= 11 is 5.29. The molecule has 5 heteroatoms. The highest BCUT2D eigenvalue weighted by molar-refractivity contribution is 9.10. The van der Waals surface area contributed by atoms with Crippen LogP contribution >= 0.6 is 27.7 Å². The molecule has 0 saturated carbocycles. The highest BCUT2D eigenvalue weighted by Gasteiger charge is 2.31. The van der Waals surface area contributed by atoms with Gasteiger partial charge < -0.3 is 9.64 Å². The first-order valence-corrected chi connectivity index (χ1v) is 10.9. The van der Waals surface area contributed by atoms with Gasteiger partial charge in [0.25, 0.3) is 5.91 Å². The number of carbonyl (C=O) groups excluding carboxylic acids is 1. The van der Waals surface area contributed by atoms with Crippen molar-refractivity contribution in [2.24, 2.45) is 0 Å². The smallest absolute Gasteiger partial charge is 0.255 e. The van der Waals surface area contributed by atoms with Crippen molar-refractivity contribution in [3.8, 4) is 5.75 Å². The minimum atomic E-state index is 0.0838. The summed E-state index contributed by atoms with van der Waals surface area (Å²) in [7, 11) is 0. The Labute approximate surface area is 168 Å². The quantitative estimate of drug-likeness (QED) is 0.508. The Balaban J connectivity index is 1.65. The minimum absolute atomic E-state index is 0.0838. The van der Waals surface area contributed by atoms with Crippen LogP contribution in [0.1, 0.15) is 47.5 Å². The van der Waals surface area contributed by atoms with Gasteiger partial charge in [-0.25, -0.2) is 0 Å². The van der Waals surface area contributed by atoms with Crippen molar-refractivity contribution >= 4 is 33.6 Å². The van der Waals surface area contributed by atoms with Crippen molar-refractivity contribution in [2.75, 3.05) is 18.9 Å². The molecular weight excluding hydrogens is 410 g/mol. The third kappa shape index (κ3) is 4.83. The summed E-state index contributed by atoms with van der Waals surface area (Å²) in [5.41, 5.74) is 1.88. The summed E-state index contributed by atoms with van der Waals surface area (Å²) in [6.45, 7) is 3.69. The lowest BCUT2D eigenvalue weighted by Gasteiger charge is -2.24. The third-order valence-electron chi connectivity index (χ3n) is 4.42. The maximum atomic E-state index is 13.0. The first-order chi connectivity index (χ1) is 12.7. The Bertz CT molecular complexity index is 718. The molecule has 3 nitrogen and oxygen atoms in total. The van der Waals surface area contributed by atoms with Crippen LogP contribution in [0.5, 0.6) is 5.75 Å². The Morgan fingerprint density at radius 1 is 1.15 bits per heavy atom. The lowest BCUT2D eigenvalue weighted by Crippen LogP contribution is -2.30. The molecule has 138 valence electrons. The highest BCUT2D eigenvalue weighted by atomic mass is 79.9. The molecule has 0 bridgehead atoms. The van der Waals surface area contributed by atoms with Gasteiger partial charge in [-0.1, -0.05) is 47.8 Å². The van der Waals surface area contributed by atoms with Gasteiger partial charge in [0, 0.05) is 22.3 Å². The van der Waals surface area contributed by atoms with E-state index in [1.54, 1.807) is 0 Å². The van der Waals surface area contributed by atoms with Gasteiger partial charge in [0.2, 0.25) is 0 Å². The van der Waals surface area contributed by atoms with Crippen molar-refractivity contribution in [3.63, 3.8) is 0 Å². The van der Waals surface area contributed by atoms with Gasteiger partial charge in [0.05, 0.1) is 6.61 Å². The number of rotatable bonds is 7. The zero-order valence-electron chi connectivity index (χ0n) is 15.0. The summed E-state index contributed by atoms with van der Waals surface area (Å²) in [6.07, 6.45) is 3.43. The van der Waals surface area contributed by atoms with E-state index in [1.807, 2.05) is 53.1 Å². The Morgan fingerprint density at radius 3 is 2.58 bits per heavy atom. The summed E-state index contributed by atoms with van der Waals surface area (Å²) in [5, 5.41) is 0.0839. The molecule has 1 atom stereocenters. The fraction of sp³-hybridized carbons (Fsp3) is 0.381. The lowest BCUT2D eigenvalue weighted by molar-refractivity contribution is 0.0760. The second-order valence-electron chi connectivity index (χ2n) is 6.35. The van der Waals surface area contributed by atoms with E-state index in [9.17, 15) is 4.79 Å². The number of carbonyl (C=O) groups is 1. The fourth-order valence-electron chi connectivity index (χ4n) is 2.98. The van der Waals surface area contributed by atoms with E-state index in [-0.39, 0.29) is 11.3 Å². The predicted octanol–water partition coefficient (Wildman–Crippen LogP) is 5.91. The third-order valence-corrected chi connectivity index (χ3v) is 6.21. The molecule has 2 aromatic carbocycles. The first kappa shape index (κ1) is 19.3. The highest BCUT2D eigenvalue weighted by Crippen LogP contribution is 2.39. The second-order valence-corrected chi connectivity index (χ2v) is 8.46. The molecule has 1 amide bonds. The molecule has 1 unspecified atom stereocenters. The molecule has 1 saturated heterocycles. The van der Waals surface area contributed by atoms with Crippen LogP contribution in [0.4, 0.5) is 0 Å². The molecule has 1 heterocycles. The maximum absolute atomic E-state index is 13.0. The molecule has 2 aromatic rings. The molecule has 0 aromatic heterocycles. The molecule has 0 spiro atoms. The first-order valence-electron chi connectivity index (χ1n) is 9.10. The van der Waals surface area contributed by atoms with Crippen molar-refractivity contribution < 1.29 is 9.53 Å². The summed E-state index contributed by atoms with van der Waals surface area (Å²) in [6, 6.07) is 15.8. The van der Waals surface area contributed by atoms with Crippen molar-refractivity contribution in [3.05, 3.63) is 64.1 Å². The zero-order valence-corrected chi connectivity index (χ0v) is 17.4. The number of halogens is 1. The van der Waals surface area contributed by atoms with Crippen LogP contribution in [0.3, 0.4) is 0 Å². The second kappa shape index (κ2) is 9.47. The fourth-order valence-corrected chi connectivity index (χ4v) is 4.50. The van der Waals surface area contributed by atoms with E-state index in [1.165, 1.54) is 18.4 Å². The Hall–Kier alpha value is -1.46. The number of benzene rings is 2. The molecule has 1 aliphatic heterocycles. The molecule has 0 radical (unpaired) electrons. The average molecular weight is 434 g/mol. The summed E-state index contributed by atoms with van der Waals surface area (Å²) in [5.74, 6) is 1.88. The molecule has 0 aliphatic carbocycles. The number of hydrogen-bond acceptors (Lipinski definition) is 3. The van der Waals surface area contributed by atoms with Gasteiger partial charge in [-0.15, -0.1) is 11.8 Å². The number of amides is 1. The van der Waals surface area contributed by atoms with E-state index < -0.39 is 0 Å². The minimum Gasteiger partial charge on any atom is -0.494 e. The predicted molar refractivity (Wildman–Crippen MR) is 112 cm³/mol. The molecule has 1 fully saturated rings. The van der Waals surface area contributed by atoms with Crippen LogP contribution in [0.25, 0.3) is 0 Å². The summed E-state index contributed by atoms with van der Waals surface area (Å²) in [4.78, 5) is 14.9. The van der Waals surface area contributed by atoms with E-state index in [0.29, 0.717) is 0 Å². The zero-order chi connectivity index (χ0) is 18.4. The van der Waals surface area contributed by atoms with Gasteiger partial charge in [-0.05, 0) is 48.4 Å². The molecular formula is C21H24BrNO2S. The van der Waals surface area contributed by atoms with Crippen LogP contribution in [-0.2, 0) is 0 Å². The van der Waals surface area contributed by atoms with E-state index >= 15 is 0 Å². The van der Waals surface area contributed by atoms with Crippen LogP contribution < -0.4 is 4.74 Å². The lowest BCUT2D eigenvalue weighted by atomic mass is 10.1. The van der Waals surface area contributed by atoms with Crippen LogP contribution in [0.2, 0.25) is 0 Å². The van der Waals surface area contributed by atoms with Gasteiger partial charge in [-0.2, -0.15) is 0 Å². The van der Waals surface area contributed by atoms with Crippen molar-refractivity contribution in [1.29, 1.82) is 0 Å². The van der Waals surface area contributed by atoms with E-state index in [2.05, 4.69) is 35.0 Å². The van der Waals surface area contributed by atoms with Crippen molar-refractivity contribution in [1.82, 2.24) is 4.90 Å². The molecule has 1 aliphatic rings. The SMILES string of the molecule is CCCCCOc1ccc(C(=O)N2CCSC2c2ccc(Br)cc2)cc1. The topological polar surface area (TPSA) is 29.5 Å². The van der Waals surface area contributed by atoms with Gasteiger partial charge in [0.1, 0.15) is 11.1 Å².